The lowest BCUT2D eigenvalue weighted by Crippen LogP contribution is -2.15. The normalized spacial score (nSPS) is 10.4. The maximum atomic E-state index is 13.2. The Morgan fingerprint density at radius 1 is 0.679 bits per heavy atom. The van der Waals surface area contributed by atoms with E-state index < -0.39 is 23.4 Å². The standard InChI is InChI=1S/C20H12Cl2F2N2O2/c21-15-9-13(4-6-17(15)23)25-19(27)11-2-1-3-12(8-11)20(28)26-14-5-7-18(24)16(22)10-14/h1-10H,(H,25,27)(H,26,28). The van der Waals surface area contributed by atoms with Crippen molar-refractivity contribution < 1.29 is 18.4 Å². The molecule has 2 N–H and O–H groups in total. The fourth-order valence-corrected chi connectivity index (χ4v) is 2.72. The number of hydrogen-bond acceptors (Lipinski definition) is 2. The third-order valence-electron chi connectivity index (χ3n) is 3.74. The molecule has 2 amide bonds. The van der Waals surface area contributed by atoms with Crippen molar-refractivity contribution in [2.75, 3.05) is 10.6 Å². The lowest BCUT2D eigenvalue weighted by Gasteiger charge is -2.09. The summed E-state index contributed by atoms with van der Waals surface area (Å²) in [5.41, 5.74) is 1.05. The SMILES string of the molecule is O=C(Nc1ccc(F)c(Cl)c1)c1cccc(C(=O)Nc2ccc(F)c(Cl)c2)c1. The van der Waals surface area contributed by atoms with Crippen molar-refractivity contribution in [3.8, 4) is 0 Å². The molecule has 142 valence electrons. The molecule has 4 nitrogen and oxygen atoms in total. The Hall–Kier alpha value is -2.96. The third-order valence-corrected chi connectivity index (χ3v) is 4.32. The van der Waals surface area contributed by atoms with Crippen molar-refractivity contribution in [2.24, 2.45) is 0 Å². The lowest BCUT2D eigenvalue weighted by molar-refractivity contribution is 0.102. The van der Waals surface area contributed by atoms with Crippen molar-refractivity contribution in [3.05, 3.63) is 93.5 Å². The third kappa shape index (κ3) is 4.65. The Balaban J connectivity index is 1.75. The van der Waals surface area contributed by atoms with E-state index >= 15 is 0 Å². The Morgan fingerprint density at radius 3 is 1.50 bits per heavy atom. The number of amides is 2. The molecular formula is C20H12Cl2F2N2O2. The van der Waals surface area contributed by atoms with E-state index in [0.29, 0.717) is 11.4 Å². The van der Waals surface area contributed by atoms with Crippen LogP contribution in [0.5, 0.6) is 0 Å². The van der Waals surface area contributed by atoms with Gasteiger partial charge in [0.15, 0.2) is 0 Å². The summed E-state index contributed by atoms with van der Waals surface area (Å²) in [6, 6.07) is 13.5. The molecule has 0 heterocycles. The van der Waals surface area contributed by atoms with E-state index in [0.717, 1.165) is 12.1 Å². The Morgan fingerprint density at radius 2 is 1.11 bits per heavy atom. The highest BCUT2D eigenvalue weighted by atomic mass is 35.5. The van der Waals surface area contributed by atoms with Crippen LogP contribution in [-0.2, 0) is 0 Å². The van der Waals surface area contributed by atoms with Crippen LogP contribution in [0.4, 0.5) is 20.2 Å². The van der Waals surface area contributed by atoms with Crippen LogP contribution < -0.4 is 10.6 Å². The largest absolute Gasteiger partial charge is 0.322 e. The summed E-state index contributed by atoms with van der Waals surface area (Å²) < 4.78 is 26.4. The van der Waals surface area contributed by atoms with E-state index in [4.69, 9.17) is 23.2 Å². The summed E-state index contributed by atoms with van der Waals surface area (Å²) in [5, 5.41) is 4.91. The van der Waals surface area contributed by atoms with E-state index in [9.17, 15) is 18.4 Å². The van der Waals surface area contributed by atoms with Crippen molar-refractivity contribution in [2.45, 2.75) is 0 Å². The minimum atomic E-state index is -0.598. The molecule has 0 fully saturated rings. The molecule has 0 atom stereocenters. The highest BCUT2D eigenvalue weighted by molar-refractivity contribution is 6.31. The van der Waals surface area contributed by atoms with Crippen LogP contribution in [0, 0.1) is 11.6 Å². The fraction of sp³-hybridized carbons (Fsp3) is 0. The number of hydrogen-bond donors (Lipinski definition) is 2. The molecule has 0 saturated heterocycles. The first-order valence-electron chi connectivity index (χ1n) is 7.96. The van der Waals surface area contributed by atoms with Crippen LogP contribution in [0.3, 0.4) is 0 Å². The van der Waals surface area contributed by atoms with Crippen LogP contribution >= 0.6 is 23.2 Å². The van der Waals surface area contributed by atoms with Gasteiger partial charge in [-0.1, -0.05) is 29.3 Å². The first-order chi connectivity index (χ1) is 13.3. The van der Waals surface area contributed by atoms with E-state index in [1.165, 1.54) is 42.5 Å². The number of carbonyl (C=O) groups is 2. The average molecular weight is 421 g/mol. The van der Waals surface area contributed by atoms with Gasteiger partial charge in [-0.3, -0.25) is 9.59 Å². The molecule has 0 aliphatic heterocycles. The van der Waals surface area contributed by atoms with E-state index in [1.54, 1.807) is 6.07 Å². The predicted molar refractivity (Wildman–Crippen MR) is 105 cm³/mol. The Bertz CT molecular complexity index is 993. The van der Waals surface area contributed by atoms with Gasteiger partial charge in [-0.05, 0) is 54.6 Å². The second-order valence-corrected chi connectivity index (χ2v) is 6.56. The maximum Gasteiger partial charge on any atom is 0.255 e. The molecule has 3 aromatic rings. The first-order valence-corrected chi connectivity index (χ1v) is 8.72. The van der Waals surface area contributed by atoms with Gasteiger partial charge in [0.25, 0.3) is 11.8 Å². The van der Waals surface area contributed by atoms with Crippen molar-refractivity contribution in [1.29, 1.82) is 0 Å². The number of benzene rings is 3. The number of nitrogens with one attached hydrogen (secondary N) is 2. The number of anilines is 2. The van der Waals surface area contributed by atoms with Crippen LogP contribution in [0.15, 0.2) is 60.7 Å². The molecule has 0 bridgehead atoms. The second-order valence-electron chi connectivity index (χ2n) is 5.75. The molecule has 0 aliphatic rings. The molecular weight excluding hydrogens is 409 g/mol. The van der Waals surface area contributed by atoms with Gasteiger partial charge < -0.3 is 10.6 Å². The van der Waals surface area contributed by atoms with Crippen molar-refractivity contribution in [1.82, 2.24) is 0 Å². The number of rotatable bonds is 4. The zero-order chi connectivity index (χ0) is 20.3. The van der Waals surface area contributed by atoms with Gasteiger partial charge in [-0.25, -0.2) is 8.78 Å². The molecule has 0 spiro atoms. The zero-order valence-electron chi connectivity index (χ0n) is 14.1. The fourth-order valence-electron chi connectivity index (χ4n) is 2.36. The highest BCUT2D eigenvalue weighted by Crippen LogP contribution is 2.21. The van der Waals surface area contributed by atoms with Gasteiger partial charge in [0.1, 0.15) is 11.6 Å². The molecule has 0 radical (unpaired) electrons. The predicted octanol–water partition coefficient (Wildman–Crippen LogP) is 5.78. The van der Waals surface area contributed by atoms with Crippen LogP contribution in [0.25, 0.3) is 0 Å². The molecule has 3 rings (SSSR count). The second kappa shape index (κ2) is 8.37. The topological polar surface area (TPSA) is 58.2 Å². The minimum absolute atomic E-state index is 0.121. The number of halogens is 4. The van der Waals surface area contributed by atoms with Crippen LogP contribution in [0.1, 0.15) is 20.7 Å². The van der Waals surface area contributed by atoms with E-state index in [1.807, 2.05) is 0 Å². The molecule has 8 heteroatoms. The first kappa shape index (κ1) is 19.8. The monoisotopic (exact) mass is 420 g/mol. The van der Waals surface area contributed by atoms with Gasteiger partial charge in [0.05, 0.1) is 10.0 Å². The van der Waals surface area contributed by atoms with Crippen LogP contribution in [-0.4, -0.2) is 11.8 Å². The highest BCUT2D eigenvalue weighted by Gasteiger charge is 2.12. The summed E-state index contributed by atoms with van der Waals surface area (Å²) in [6.45, 7) is 0. The van der Waals surface area contributed by atoms with E-state index in [2.05, 4.69) is 10.6 Å². The zero-order valence-corrected chi connectivity index (χ0v) is 15.6. The molecule has 0 unspecified atom stereocenters. The molecule has 3 aromatic carbocycles. The Labute approximate surface area is 169 Å². The summed E-state index contributed by atoms with van der Waals surface area (Å²) in [7, 11) is 0. The summed E-state index contributed by atoms with van der Waals surface area (Å²) in [6.07, 6.45) is 0. The quantitative estimate of drug-likeness (QED) is 0.562. The van der Waals surface area contributed by atoms with Crippen molar-refractivity contribution in [3.63, 3.8) is 0 Å². The molecule has 28 heavy (non-hydrogen) atoms. The van der Waals surface area contributed by atoms with Crippen LogP contribution in [0.2, 0.25) is 10.0 Å². The molecule has 0 saturated carbocycles. The van der Waals surface area contributed by atoms with Gasteiger partial charge in [-0.15, -0.1) is 0 Å². The van der Waals surface area contributed by atoms with Gasteiger partial charge in [0.2, 0.25) is 0 Å². The van der Waals surface area contributed by atoms with E-state index in [-0.39, 0.29) is 21.2 Å². The smallest absolute Gasteiger partial charge is 0.255 e. The lowest BCUT2D eigenvalue weighted by atomic mass is 10.1. The summed E-state index contributed by atoms with van der Waals surface area (Å²) >= 11 is 11.4. The maximum absolute atomic E-state index is 13.2. The molecule has 0 aromatic heterocycles. The van der Waals surface area contributed by atoms with Gasteiger partial charge in [-0.2, -0.15) is 0 Å². The summed E-state index contributed by atoms with van der Waals surface area (Å²) in [4.78, 5) is 24.8. The Kier molecular flexibility index (Phi) is 5.92. The van der Waals surface area contributed by atoms with Gasteiger partial charge >= 0.3 is 0 Å². The average Bonchev–Trinajstić information content (AvgIpc) is 2.67. The number of carbonyl (C=O) groups excluding carboxylic acids is 2. The van der Waals surface area contributed by atoms with Crippen molar-refractivity contribution >= 4 is 46.4 Å². The molecule has 0 aliphatic carbocycles. The van der Waals surface area contributed by atoms with Gasteiger partial charge in [0, 0.05) is 22.5 Å². The summed E-state index contributed by atoms with van der Waals surface area (Å²) in [5.74, 6) is -2.19. The minimum Gasteiger partial charge on any atom is -0.322 e.